The normalized spacial score (nSPS) is 10.5. The highest BCUT2D eigenvalue weighted by atomic mass is 35.5. The van der Waals surface area contributed by atoms with Gasteiger partial charge in [-0.3, -0.25) is 0 Å². The van der Waals surface area contributed by atoms with Gasteiger partial charge in [0, 0.05) is 17.8 Å². The minimum atomic E-state index is -1.16. The van der Waals surface area contributed by atoms with Crippen LogP contribution in [0.25, 0.3) is 0 Å². The minimum Gasteiger partial charge on any atom is -0.475 e. The summed E-state index contributed by atoms with van der Waals surface area (Å²) >= 11 is 11.3. The van der Waals surface area contributed by atoms with Crippen LogP contribution in [-0.4, -0.2) is 11.1 Å². The van der Waals surface area contributed by atoms with Gasteiger partial charge in [-0.25, -0.2) is 9.18 Å². The number of halogens is 3. The monoisotopic (exact) mass is 303 g/mol. The number of carboxylic acid groups (broad SMARTS) is 1. The second kappa shape index (κ2) is 5.50. The van der Waals surface area contributed by atoms with E-state index in [-0.39, 0.29) is 22.4 Å². The van der Waals surface area contributed by atoms with E-state index >= 15 is 0 Å². The van der Waals surface area contributed by atoms with E-state index in [4.69, 9.17) is 32.7 Å². The van der Waals surface area contributed by atoms with E-state index in [1.54, 1.807) is 0 Å². The Morgan fingerprint density at radius 2 is 2.00 bits per heavy atom. The predicted octanol–water partition coefficient (Wildman–Crippen LogP) is 4.04. The molecule has 0 aliphatic heterocycles. The third-order valence-corrected chi connectivity index (χ3v) is 2.96. The van der Waals surface area contributed by atoms with Crippen molar-refractivity contribution in [3.8, 4) is 0 Å². The van der Waals surface area contributed by atoms with E-state index in [0.717, 1.165) is 0 Å². The summed E-state index contributed by atoms with van der Waals surface area (Å²) in [6, 6.07) is 4.26. The first-order valence-corrected chi connectivity index (χ1v) is 5.92. The van der Waals surface area contributed by atoms with E-state index in [9.17, 15) is 9.18 Å². The first-order valence-electron chi connectivity index (χ1n) is 5.17. The van der Waals surface area contributed by atoms with Crippen LogP contribution < -0.4 is 5.32 Å². The molecule has 0 spiro atoms. The molecule has 1 aromatic heterocycles. The van der Waals surface area contributed by atoms with Crippen molar-refractivity contribution in [3.05, 3.63) is 51.6 Å². The molecule has 2 aromatic rings. The van der Waals surface area contributed by atoms with E-state index in [0.29, 0.717) is 11.3 Å². The highest BCUT2D eigenvalue weighted by Crippen LogP contribution is 2.27. The quantitative estimate of drug-likeness (QED) is 0.837. The van der Waals surface area contributed by atoms with Crippen molar-refractivity contribution < 1.29 is 18.7 Å². The Kier molecular flexibility index (Phi) is 3.97. The van der Waals surface area contributed by atoms with Gasteiger partial charge >= 0.3 is 5.97 Å². The fraction of sp³-hybridized carbons (Fsp3) is 0.0833. The topological polar surface area (TPSA) is 62.5 Å². The number of nitrogens with one attached hydrogen (secondary N) is 1. The van der Waals surface area contributed by atoms with Crippen LogP contribution in [-0.2, 0) is 6.54 Å². The van der Waals surface area contributed by atoms with Gasteiger partial charge in [0.2, 0.25) is 5.76 Å². The Hall–Kier alpha value is -1.72. The van der Waals surface area contributed by atoms with Gasteiger partial charge in [-0.1, -0.05) is 23.2 Å². The second-order valence-electron chi connectivity index (χ2n) is 3.69. The number of carboxylic acids is 1. The van der Waals surface area contributed by atoms with Crippen LogP contribution in [0.1, 0.15) is 16.1 Å². The van der Waals surface area contributed by atoms with Crippen LogP contribution in [0.3, 0.4) is 0 Å². The zero-order valence-corrected chi connectivity index (χ0v) is 10.9. The van der Waals surface area contributed by atoms with Crippen molar-refractivity contribution in [3.63, 3.8) is 0 Å². The molecule has 0 amide bonds. The molecule has 0 fully saturated rings. The standard InChI is InChI=1S/C12H8Cl2FNO3/c13-8-3-7(4-9(14)10(8)15)16-5-6-1-2-19-11(6)12(17)18/h1-4,16H,5H2,(H,17,18). The number of rotatable bonds is 4. The molecule has 1 aromatic carbocycles. The second-order valence-corrected chi connectivity index (χ2v) is 4.50. The Labute approximate surface area is 117 Å². The van der Waals surface area contributed by atoms with Crippen molar-refractivity contribution in [2.45, 2.75) is 6.54 Å². The first kappa shape index (κ1) is 13.7. The molecule has 0 atom stereocenters. The van der Waals surface area contributed by atoms with E-state index in [1.807, 2.05) is 0 Å². The summed E-state index contributed by atoms with van der Waals surface area (Å²) in [5.41, 5.74) is 0.943. The van der Waals surface area contributed by atoms with Gasteiger partial charge in [0.1, 0.15) is 0 Å². The van der Waals surface area contributed by atoms with Crippen molar-refractivity contribution >= 4 is 34.9 Å². The number of hydrogen-bond acceptors (Lipinski definition) is 3. The van der Waals surface area contributed by atoms with Crippen LogP contribution >= 0.6 is 23.2 Å². The van der Waals surface area contributed by atoms with E-state index in [1.165, 1.54) is 24.5 Å². The molecule has 0 aliphatic carbocycles. The maximum atomic E-state index is 13.2. The van der Waals surface area contributed by atoms with Crippen LogP contribution in [0.4, 0.5) is 10.1 Å². The zero-order chi connectivity index (χ0) is 14.0. The van der Waals surface area contributed by atoms with Gasteiger partial charge in [-0.15, -0.1) is 0 Å². The minimum absolute atomic E-state index is 0.111. The molecule has 4 nitrogen and oxygen atoms in total. The predicted molar refractivity (Wildman–Crippen MR) is 69.4 cm³/mol. The number of furan rings is 1. The zero-order valence-electron chi connectivity index (χ0n) is 9.41. The van der Waals surface area contributed by atoms with Crippen LogP contribution in [0.2, 0.25) is 10.0 Å². The maximum absolute atomic E-state index is 13.2. The molecule has 0 saturated carbocycles. The molecule has 7 heteroatoms. The molecule has 19 heavy (non-hydrogen) atoms. The summed E-state index contributed by atoms with van der Waals surface area (Å²) in [5, 5.41) is 11.5. The molecule has 0 radical (unpaired) electrons. The van der Waals surface area contributed by atoms with Gasteiger partial charge in [0.25, 0.3) is 0 Å². The van der Waals surface area contributed by atoms with Crippen LogP contribution in [0, 0.1) is 5.82 Å². The lowest BCUT2D eigenvalue weighted by atomic mass is 10.2. The lowest BCUT2D eigenvalue weighted by Crippen LogP contribution is -2.04. The fourth-order valence-corrected chi connectivity index (χ4v) is 2.00. The summed E-state index contributed by atoms with van der Waals surface area (Å²) in [7, 11) is 0. The Morgan fingerprint density at radius 1 is 1.37 bits per heavy atom. The molecule has 0 bridgehead atoms. The molecule has 1 heterocycles. The lowest BCUT2D eigenvalue weighted by molar-refractivity contribution is 0.0661. The number of anilines is 1. The first-order chi connectivity index (χ1) is 8.99. The van der Waals surface area contributed by atoms with Crippen LogP contribution in [0.15, 0.2) is 28.9 Å². The average Bonchev–Trinajstić information content (AvgIpc) is 2.81. The van der Waals surface area contributed by atoms with Gasteiger partial charge in [0.05, 0.1) is 16.3 Å². The van der Waals surface area contributed by atoms with Gasteiger partial charge in [-0.05, 0) is 18.2 Å². The smallest absolute Gasteiger partial charge is 0.372 e. The molecule has 100 valence electrons. The SMILES string of the molecule is O=C(O)c1occc1CNc1cc(Cl)c(F)c(Cl)c1. The Bertz CT molecular complexity index is 604. The van der Waals surface area contributed by atoms with Gasteiger partial charge in [0.15, 0.2) is 5.82 Å². The largest absolute Gasteiger partial charge is 0.475 e. The molecule has 0 saturated heterocycles. The van der Waals surface area contributed by atoms with E-state index < -0.39 is 11.8 Å². The third kappa shape index (κ3) is 3.00. The third-order valence-electron chi connectivity index (χ3n) is 2.41. The van der Waals surface area contributed by atoms with Gasteiger partial charge in [-0.2, -0.15) is 0 Å². The number of aromatic carboxylic acids is 1. The highest BCUT2D eigenvalue weighted by molar-refractivity contribution is 6.35. The average molecular weight is 304 g/mol. The number of benzene rings is 1. The molecule has 0 unspecified atom stereocenters. The van der Waals surface area contributed by atoms with E-state index in [2.05, 4.69) is 5.32 Å². The summed E-state index contributed by atoms with van der Waals surface area (Å²) in [4.78, 5) is 10.8. The Morgan fingerprint density at radius 3 is 2.58 bits per heavy atom. The number of carbonyl (C=O) groups is 1. The summed E-state index contributed by atoms with van der Waals surface area (Å²) in [6.07, 6.45) is 1.28. The molecule has 0 aliphatic rings. The van der Waals surface area contributed by atoms with Crippen LogP contribution in [0.5, 0.6) is 0 Å². The van der Waals surface area contributed by atoms with Crippen molar-refractivity contribution in [2.75, 3.05) is 5.32 Å². The maximum Gasteiger partial charge on any atom is 0.372 e. The summed E-state index contributed by atoms with van der Waals surface area (Å²) in [5.74, 6) is -1.99. The Balaban J connectivity index is 2.15. The summed E-state index contributed by atoms with van der Waals surface area (Å²) in [6.45, 7) is 0.191. The van der Waals surface area contributed by atoms with Crippen molar-refractivity contribution in [1.82, 2.24) is 0 Å². The molecular weight excluding hydrogens is 296 g/mol. The van der Waals surface area contributed by atoms with Crippen molar-refractivity contribution in [2.24, 2.45) is 0 Å². The molecule has 2 rings (SSSR count). The lowest BCUT2D eigenvalue weighted by Gasteiger charge is -2.07. The highest BCUT2D eigenvalue weighted by Gasteiger charge is 2.14. The fourth-order valence-electron chi connectivity index (χ4n) is 1.52. The molecule has 2 N–H and O–H groups in total. The van der Waals surface area contributed by atoms with Gasteiger partial charge < -0.3 is 14.8 Å². The molecular formula is C12H8Cl2FNO3. The van der Waals surface area contributed by atoms with Crippen molar-refractivity contribution in [1.29, 1.82) is 0 Å². The summed E-state index contributed by atoms with van der Waals surface area (Å²) < 4.78 is 18.0. The number of hydrogen-bond donors (Lipinski definition) is 2.